The van der Waals surface area contributed by atoms with E-state index in [4.69, 9.17) is 0 Å². The molecule has 1 aliphatic heterocycles. The lowest BCUT2D eigenvalue weighted by molar-refractivity contribution is 0.0623. The highest BCUT2D eigenvalue weighted by atomic mass is 32.1. The van der Waals surface area contributed by atoms with Crippen LogP contribution in [0.25, 0.3) is 10.2 Å². The molecule has 0 N–H and O–H groups in total. The maximum absolute atomic E-state index is 13.8. The predicted octanol–water partition coefficient (Wildman–Crippen LogP) is 3.53. The van der Waals surface area contributed by atoms with Gasteiger partial charge in [-0.25, -0.2) is 13.8 Å². The summed E-state index contributed by atoms with van der Waals surface area (Å²) in [5.74, 6) is -1.75. The maximum atomic E-state index is 13.8. The fourth-order valence-electron chi connectivity index (χ4n) is 3.12. The minimum Gasteiger partial charge on any atom is -0.336 e. The molecule has 0 spiro atoms. The van der Waals surface area contributed by atoms with Crippen molar-refractivity contribution in [3.05, 3.63) is 64.7 Å². The standard InChI is InChI=1S/C19H17F2N3OS/c20-13-5-6-15(21)14(11-13)19(25)24-9-7-23(8-10-24)12-18-22-16-3-1-2-4-17(16)26-18/h1-6,11H,7-10,12H2. The van der Waals surface area contributed by atoms with Gasteiger partial charge in [0.2, 0.25) is 0 Å². The van der Waals surface area contributed by atoms with E-state index < -0.39 is 17.5 Å². The smallest absolute Gasteiger partial charge is 0.257 e. The summed E-state index contributed by atoms with van der Waals surface area (Å²) in [6.07, 6.45) is 0. The van der Waals surface area contributed by atoms with E-state index in [2.05, 4.69) is 16.0 Å². The molecule has 0 aliphatic carbocycles. The monoisotopic (exact) mass is 373 g/mol. The molecule has 7 heteroatoms. The molecule has 1 aliphatic rings. The second-order valence-electron chi connectivity index (χ2n) is 6.27. The van der Waals surface area contributed by atoms with E-state index in [1.54, 1.807) is 16.2 Å². The molecule has 4 rings (SSSR count). The number of rotatable bonds is 3. The van der Waals surface area contributed by atoms with Gasteiger partial charge in [0.25, 0.3) is 5.91 Å². The van der Waals surface area contributed by atoms with Crippen LogP contribution in [0.15, 0.2) is 42.5 Å². The first-order valence-corrected chi connectivity index (χ1v) is 9.23. The Balaban J connectivity index is 1.39. The van der Waals surface area contributed by atoms with Gasteiger partial charge in [0.1, 0.15) is 16.6 Å². The third kappa shape index (κ3) is 3.45. The number of para-hydroxylation sites is 1. The number of fused-ring (bicyclic) bond motifs is 1. The topological polar surface area (TPSA) is 36.4 Å². The van der Waals surface area contributed by atoms with Gasteiger partial charge in [-0.2, -0.15) is 0 Å². The maximum Gasteiger partial charge on any atom is 0.257 e. The van der Waals surface area contributed by atoms with Crippen molar-refractivity contribution in [2.45, 2.75) is 6.54 Å². The Morgan fingerprint density at radius 1 is 1.08 bits per heavy atom. The van der Waals surface area contributed by atoms with E-state index in [1.807, 2.05) is 18.2 Å². The molecule has 0 atom stereocenters. The molecule has 2 aromatic carbocycles. The van der Waals surface area contributed by atoms with Gasteiger partial charge in [-0.05, 0) is 30.3 Å². The van der Waals surface area contributed by atoms with Crippen molar-refractivity contribution in [2.24, 2.45) is 0 Å². The number of hydrogen-bond acceptors (Lipinski definition) is 4. The van der Waals surface area contributed by atoms with Crippen molar-refractivity contribution in [3.63, 3.8) is 0 Å². The highest BCUT2D eigenvalue weighted by Crippen LogP contribution is 2.23. The third-order valence-corrected chi connectivity index (χ3v) is 5.54. The molecule has 134 valence electrons. The lowest BCUT2D eigenvalue weighted by atomic mass is 10.1. The fourth-order valence-corrected chi connectivity index (χ4v) is 4.13. The number of thiazole rings is 1. The Labute approximate surface area is 153 Å². The van der Waals surface area contributed by atoms with Gasteiger partial charge in [-0.15, -0.1) is 11.3 Å². The van der Waals surface area contributed by atoms with E-state index in [-0.39, 0.29) is 5.56 Å². The third-order valence-electron chi connectivity index (χ3n) is 4.52. The second-order valence-corrected chi connectivity index (χ2v) is 7.38. The summed E-state index contributed by atoms with van der Waals surface area (Å²) >= 11 is 1.67. The molecule has 1 aromatic heterocycles. The van der Waals surface area contributed by atoms with Crippen LogP contribution in [-0.4, -0.2) is 46.9 Å². The minimum absolute atomic E-state index is 0.204. The molecule has 0 unspecified atom stereocenters. The van der Waals surface area contributed by atoms with E-state index in [9.17, 15) is 13.6 Å². The summed E-state index contributed by atoms with van der Waals surface area (Å²) in [6.45, 7) is 3.06. The average molecular weight is 373 g/mol. The molecule has 0 saturated carbocycles. The van der Waals surface area contributed by atoms with Crippen molar-refractivity contribution in [2.75, 3.05) is 26.2 Å². The molecule has 1 saturated heterocycles. The molecule has 2 heterocycles. The van der Waals surface area contributed by atoms with Crippen LogP contribution >= 0.6 is 11.3 Å². The van der Waals surface area contributed by atoms with Crippen LogP contribution in [-0.2, 0) is 6.54 Å². The summed E-state index contributed by atoms with van der Waals surface area (Å²) in [5.41, 5.74) is 0.799. The Morgan fingerprint density at radius 2 is 1.85 bits per heavy atom. The number of aromatic nitrogens is 1. The number of amides is 1. The number of carbonyl (C=O) groups excluding carboxylic acids is 1. The predicted molar refractivity (Wildman–Crippen MR) is 97.2 cm³/mol. The molecule has 0 radical (unpaired) electrons. The van der Waals surface area contributed by atoms with Gasteiger partial charge in [0.05, 0.1) is 22.3 Å². The van der Waals surface area contributed by atoms with Crippen LogP contribution < -0.4 is 0 Å². The summed E-state index contributed by atoms with van der Waals surface area (Å²) in [5, 5.41) is 1.04. The molecular formula is C19H17F2N3OS. The molecule has 26 heavy (non-hydrogen) atoms. The van der Waals surface area contributed by atoms with Gasteiger partial charge >= 0.3 is 0 Å². The first-order valence-electron chi connectivity index (χ1n) is 8.41. The van der Waals surface area contributed by atoms with Gasteiger partial charge in [-0.1, -0.05) is 12.1 Å². The molecule has 1 fully saturated rings. The summed E-state index contributed by atoms with van der Waals surface area (Å²) in [6, 6.07) is 11.0. The SMILES string of the molecule is O=C(c1cc(F)ccc1F)N1CCN(Cc2nc3ccccc3s2)CC1. The van der Waals surface area contributed by atoms with Crippen molar-refractivity contribution in [1.29, 1.82) is 0 Å². The molecule has 0 bridgehead atoms. The quantitative estimate of drug-likeness (QED) is 0.705. The number of piperazine rings is 1. The van der Waals surface area contributed by atoms with Crippen LogP contribution in [0.5, 0.6) is 0 Å². The van der Waals surface area contributed by atoms with Crippen molar-refractivity contribution in [1.82, 2.24) is 14.8 Å². The zero-order valence-electron chi connectivity index (χ0n) is 14.0. The normalized spacial score (nSPS) is 15.5. The van der Waals surface area contributed by atoms with E-state index in [0.29, 0.717) is 26.2 Å². The molecule has 1 amide bonds. The largest absolute Gasteiger partial charge is 0.336 e. The Morgan fingerprint density at radius 3 is 2.62 bits per heavy atom. The van der Waals surface area contributed by atoms with Crippen molar-refractivity contribution < 1.29 is 13.6 Å². The van der Waals surface area contributed by atoms with Gasteiger partial charge in [0, 0.05) is 26.2 Å². The van der Waals surface area contributed by atoms with Crippen LogP contribution in [0.4, 0.5) is 8.78 Å². The van der Waals surface area contributed by atoms with Gasteiger partial charge in [0.15, 0.2) is 0 Å². The Hall–Kier alpha value is -2.38. The first-order chi connectivity index (χ1) is 12.6. The van der Waals surface area contributed by atoms with Gasteiger partial charge < -0.3 is 4.90 Å². The van der Waals surface area contributed by atoms with Crippen LogP contribution in [0, 0.1) is 11.6 Å². The lowest BCUT2D eigenvalue weighted by Gasteiger charge is -2.34. The molecular weight excluding hydrogens is 356 g/mol. The lowest BCUT2D eigenvalue weighted by Crippen LogP contribution is -2.48. The van der Waals surface area contributed by atoms with E-state index in [0.717, 1.165) is 40.0 Å². The zero-order chi connectivity index (χ0) is 18.1. The minimum atomic E-state index is -0.687. The van der Waals surface area contributed by atoms with Crippen LogP contribution in [0.1, 0.15) is 15.4 Å². The van der Waals surface area contributed by atoms with E-state index >= 15 is 0 Å². The number of carbonyl (C=O) groups is 1. The zero-order valence-corrected chi connectivity index (χ0v) is 14.8. The average Bonchev–Trinajstić information content (AvgIpc) is 3.06. The summed E-state index contributed by atoms with van der Waals surface area (Å²) in [4.78, 5) is 20.9. The van der Waals surface area contributed by atoms with Gasteiger partial charge in [-0.3, -0.25) is 9.69 Å². The Bertz CT molecular complexity index is 918. The van der Waals surface area contributed by atoms with Crippen molar-refractivity contribution in [3.8, 4) is 0 Å². The fraction of sp³-hybridized carbons (Fsp3) is 0.263. The summed E-state index contributed by atoms with van der Waals surface area (Å²) < 4.78 is 28.3. The second kappa shape index (κ2) is 7.09. The summed E-state index contributed by atoms with van der Waals surface area (Å²) in [7, 11) is 0. The van der Waals surface area contributed by atoms with Crippen LogP contribution in [0.2, 0.25) is 0 Å². The number of halogens is 2. The van der Waals surface area contributed by atoms with Crippen molar-refractivity contribution >= 4 is 27.5 Å². The van der Waals surface area contributed by atoms with E-state index in [1.165, 1.54) is 0 Å². The number of benzene rings is 2. The highest BCUT2D eigenvalue weighted by molar-refractivity contribution is 7.18. The number of hydrogen-bond donors (Lipinski definition) is 0. The molecule has 3 aromatic rings. The number of nitrogens with zero attached hydrogens (tertiary/aromatic N) is 3. The van der Waals surface area contributed by atoms with Crippen LogP contribution in [0.3, 0.4) is 0 Å². The highest BCUT2D eigenvalue weighted by Gasteiger charge is 2.25. The molecule has 4 nitrogen and oxygen atoms in total. The Kier molecular flexibility index (Phi) is 4.65. The first kappa shape index (κ1) is 17.1.